The maximum atomic E-state index is 12.1. The molecule has 1 aromatic rings. The molecule has 0 amide bonds. The van der Waals surface area contributed by atoms with E-state index in [-0.39, 0.29) is 11.2 Å². The number of Topliss-reactive ketones (excluding diaryl/α,β-unsaturated/α-hetero) is 1. The van der Waals surface area contributed by atoms with E-state index in [1.807, 2.05) is 39.8 Å². The van der Waals surface area contributed by atoms with Crippen molar-refractivity contribution in [2.45, 2.75) is 34.1 Å². The van der Waals surface area contributed by atoms with Crippen molar-refractivity contribution < 1.29 is 4.79 Å². The number of carbonyl (C=O) groups is 1. The quantitative estimate of drug-likeness (QED) is 0.608. The van der Waals surface area contributed by atoms with Crippen molar-refractivity contribution >= 4 is 11.5 Å². The fourth-order valence-corrected chi connectivity index (χ4v) is 1.37. The molecule has 0 aromatic heterocycles. The summed E-state index contributed by atoms with van der Waals surface area (Å²) >= 11 is 0. The minimum Gasteiger partial charge on any atom is -0.399 e. The Hall–Kier alpha value is -1.31. The molecular formula is C13H19NO. The van der Waals surface area contributed by atoms with E-state index in [1.165, 1.54) is 0 Å². The average molecular weight is 205 g/mol. The van der Waals surface area contributed by atoms with Crippen molar-refractivity contribution in [3.63, 3.8) is 0 Å². The van der Waals surface area contributed by atoms with Gasteiger partial charge in [-0.1, -0.05) is 20.8 Å². The number of nitrogens with two attached hydrogens (primary N) is 1. The summed E-state index contributed by atoms with van der Waals surface area (Å²) < 4.78 is 0. The van der Waals surface area contributed by atoms with E-state index in [9.17, 15) is 4.79 Å². The van der Waals surface area contributed by atoms with Gasteiger partial charge in [0, 0.05) is 16.7 Å². The fourth-order valence-electron chi connectivity index (χ4n) is 1.37. The van der Waals surface area contributed by atoms with E-state index in [0.717, 1.165) is 23.2 Å². The highest BCUT2D eigenvalue weighted by Gasteiger charge is 2.26. The van der Waals surface area contributed by atoms with Crippen LogP contribution < -0.4 is 5.73 Å². The second-order valence-corrected chi connectivity index (χ2v) is 4.64. The molecule has 2 N–H and O–H groups in total. The number of benzene rings is 1. The van der Waals surface area contributed by atoms with Gasteiger partial charge in [0.25, 0.3) is 0 Å². The number of carbonyl (C=O) groups excluding carboxylic acids is 1. The second-order valence-electron chi connectivity index (χ2n) is 4.64. The van der Waals surface area contributed by atoms with Gasteiger partial charge in [0.15, 0.2) is 5.78 Å². The summed E-state index contributed by atoms with van der Waals surface area (Å²) in [6, 6.07) is 5.48. The zero-order valence-electron chi connectivity index (χ0n) is 9.92. The molecule has 82 valence electrons. The van der Waals surface area contributed by atoms with Gasteiger partial charge in [-0.2, -0.15) is 0 Å². The first-order chi connectivity index (χ1) is 6.88. The van der Waals surface area contributed by atoms with Crippen LogP contribution in [0.1, 0.15) is 43.1 Å². The van der Waals surface area contributed by atoms with Crippen LogP contribution in [0.15, 0.2) is 18.2 Å². The SMILES string of the molecule is CCC(C)(C)C(=O)c1ccc(N)c(C)c1. The molecule has 0 spiro atoms. The molecule has 0 aliphatic rings. The number of ketones is 1. The molecule has 0 unspecified atom stereocenters. The van der Waals surface area contributed by atoms with E-state index in [1.54, 1.807) is 6.07 Å². The Labute approximate surface area is 91.5 Å². The van der Waals surface area contributed by atoms with E-state index in [0.29, 0.717) is 0 Å². The molecule has 0 fully saturated rings. The smallest absolute Gasteiger partial charge is 0.168 e. The minimum atomic E-state index is -0.289. The van der Waals surface area contributed by atoms with Crippen molar-refractivity contribution in [3.05, 3.63) is 29.3 Å². The van der Waals surface area contributed by atoms with Gasteiger partial charge < -0.3 is 5.73 Å². The molecule has 15 heavy (non-hydrogen) atoms. The Morgan fingerprint density at radius 3 is 2.47 bits per heavy atom. The number of anilines is 1. The summed E-state index contributed by atoms with van der Waals surface area (Å²) in [5.41, 5.74) is 7.89. The summed E-state index contributed by atoms with van der Waals surface area (Å²) in [6.45, 7) is 7.90. The van der Waals surface area contributed by atoms with Crippen LogP contribution in [0.5, 0.6) is 0 Å². The fraction of sp³-hybridized carbons (Fsp3) is 0.462. The van der Waals surface area contributed by atoms with Crippen LogP contribution in [0.4, 0.5) is 5.69 Å². The summed E-state index contributed by atoms with van der Waals surface area (Å²) in [5, 5.41) is 0. The van der Waals surface area contributed by atoms with Crippen LogP contribution in [-0.4, -0.2) is 5.78 Å². The van der Waals surface area contributed by atoms with Crippen molar-refractivity contribution in [1.29, 1.82) is 0 Å². The standard InChI is InChI=1S/C13H19NO/c1-5-13(3,4)12(15)10-6-7-11(14)9(2)8-10/h6-8H,5,14H2,1-4H3. The minimum absolute atomic E-state index is 0.188. The normalized spacial score (nSPS) is 11.5. The average Bonchev–Trinajstić information content (AvgIpc) is 2.21. The zero-order valence-corrected chi connectivity index (χ0v) is 9.92. The van der Waals surface area contributed by atoms with Crippen LogP contribution in [0.2, 0.25) is 0 Å². The Morgan fingerprint density at radius 1 is 1.40 bits per heavy atom. The molecule has 1 aromatic carbocycles. The first-order valence-corrected chi connectivity index (χ1v) is 5.29. The molecular weight excluding hydrogens is 186 g/mol. The lowest BCUT2D eigenvalue weighted by molar-refractivity contribution is 0.0833. The molecule has 0 atom stereocenters. The van der Waals surface area contributed by atoms with Gasteiger partial charge in [-0.3, -0.25) is 4.79 Å². The molecule has 0 aliphatic heterocycles. The predicted molar refractivity (Wildman–Crippen MR) is 64.0 cm³/mol. The van der Waals surface area contributed by atoms with E-state index < -0.39 is 0 Å². The molecule has 0 aliphatic carbocycles. The van der Waals surface area contributed by atoms with Crippen LogP contribution in [0.25, 0.3) is 0 Å². The van der Waals surface area contributed by atoms with Gasteiger partial charge in [-0.15, -0.1) is 0 Å². The third-order valence-electron chi connectivity index (χ3n) is 3.03. The topological polar surface area (TPSA) is 43.1 Å². The van der Waals surface area contributed by atoms with Crippen molar-refractivity contribution in [2.24, 2.45) is 5.41 Å². The van der Waals surface area contributed by atoms with E-state index >= 15 is 0 Å². The van der Waals surface area contributed by atoms with Gasteiger partial charge in [-0.05, 0) is 37.1 Å². The highest BCUT2D eigenvalue weighted by atomic mass is 16.1. The lowest BCUT2D eigenvalue weighted by Crippen LogP contribution is -2.23. The third kappa shape index (κ3) is 2.38. The van der Waals surface area contributed by atoms with Crippen molar-refractivity contribution in [3.8, 4) is 0 Å². The number of rotatable bonds is 3. The first kappa shape index (κ1) is 11.8. The molecule has 2 nitrogen and oxygen atoms in total. The van der Waals surface area contributed by atoms with Crippen molar-refractivity contribution in [2.75, 3.05) is 5.73 Å². The Bertz CT molecular complexity index is 380. The van der Waals surface area contributed by atoms with Crippen LogP contribution >= 0.6 is 0 Å². The second kappa shape index (κ2) is 4.05. The molecule has 0 saturated carbocycles. The summed E-state index contributed by atoms with van der Waals surface area (Å²) in [4.78, 5) is 12.1. The Morgan fingerprint density at radius 2 is 2.00 bits per heavy atom. The molecule has 0 heterocycles. The maximum absolute atomic E-state index is 12.1. The number of aryl methyl sites for hydroxylation is 1. The van der Waals surface area contributed by atoms with Gasteiger partial charge in [0.1, 0.15) is 0 Å². The van der Waals surface area contributed by atoms with E-state index in [2.05, 4.69) is 0 Å². The lowest BCUT2D eigenvalue weighted by Gasteiger charge is -2.21. The Balaban J connectivity index is 3.08. The number of nitrogen functional groups attached to an aromatic ring is 1. The van der Waals surface area contributed by atoms with Gasteiger partial charge in [-0.25, -0.2) is 0 Å². The summed E-state index contributed by atoms with van der Waals surface area (Å²) in [5.74, 6) is 0.188. The summed E-state index contributed by atoms with van der Waals surface area (Å²) in [7, 11) is 0. The Kier molecular flexibility index (Phi) is 3.18. The third-order valence-corrected chi connectivity index (χ3v) is 3.03. The van der Waals surface area contributed by atoms with Crippen LogP contribution in [0.3, 0.4) is 0 Å². The summed E-state index contributed by atoms with van der Waals surface area (Å²) in [6.07, 6.45) is 0.843. The molecule has 0 radical (unpaired) electrons. The first-order valence-electron chi connectivity index (χ1n) is 5.29. The van der Waals surface area contributed by atoms with Crippen LogP contribution in [-0.2, 0) is 0 Å². The number of hydrogen-bond acceptors (Lipinski definition) is 2. The van der Waals surface area contributed by atoms with Gasteiger partial charge in [0.2, 0.25) is 0 Å². The zero-order chi connectivity index (χ0) is 11.6. The van der Waals surface area contributed by atoms with Gasteiger partial charge >= 0.3 is 0 Å². The highest BCUT2D eigenvalue weighted by Crippen LogP contribution is 2.26. The molecule has 0 bridgehead atoms. The highest BCUT2D eigenvalue weighted by molar-refractivity contribution is 6.00. The van der Waals surface area contributed by atoms with Gasteiger partial charge in [0.05, 0.1) is 0 Å². The molecule has 1 rings (SSSR count). The largest absolute Gasteiger partial charge is 0.399 e. The number of hydrogen-bond donors (Lipinski definition) is 1. The maximum Gasteiger partial charge on any atom is 0.168 e. The van der Waals surface area contributed by atoms with E-state index in [4.69, 9.17) is 5.73 Å². The van der Waals surface area contributed by atoms with Crippen molar-refractivity contribution in [1.82, 2.24) is 0 Å². The van der Waals surface area contributed by atoms with Crippen LogP contribution in [0, 0.1) is 12.3 Å². The lowest BCUT2D eigenvalue weighted by atomic mass is 9.81. The molecule has 2 heteroatoms. The molecule has 0 saturated heterocycles. The monoisotopic (exact) mass is 205 g/mol. The predicted octanol–water partition coefficient (Wildman–Crippen LogP) is 3.20.